The molecule has 0 fully saturated rings. The second kappa shape index (κ2) is 17.0. The molecule has 6 N–H and O–H groups in total. The van der Waals surface area contributed by atoms with Gasteiger partial charge in [-0.05, 0) is 72.8 Å². The minimum atomic E-state index is -8.59. The summed E-state index contributed by atoms with van der Waals surface area (Å²) in [5, 5.41) is 13.8. The number of benzene rings is 4. The quantitative estimate of drug-likeness (QED) is 0.0657. The minimum Gasteiger partial charge on any atom is -0.388 e. The Kier molecular flexibility index (Phi) is 13.1. The van der Waals surface area contributed by atoms with E-state index in [9.17, 15) is 85.0 Å². The van der Waals surface area contributed by atoms with Crippen molar-refractivity contribution in [1.29, 1.82) is 0 Å². The number of hydrogen-bond donors (Lipinski definition) is 6. The van der Waals surface area contributed by atoms with Gasteiger partial charge in [0, 0.05) is 64.9 Å². The lowest BCUT2D eigenvalue weighted by molar-refractivity contribution is -0.449. The van der Waals surface area contributed by atoms with Gasteiger partial charge in [0.1, 0.15) is 0 Å². The van der Waals surface area contributed by atoms with Crippen molar-refractivity contribution in [2.75, 3.05) is 46.0 Å². The van der Waals surface area contributed by atoms with Crippen LogP contribution in [0.1, 0.15) is 31.1 Å². The summed E-state index contributed by atoms with van der Waals surface area (Å²) in [4.78, 5) is 52.3. The van der Waals surface area contributed by atoms with Crippen LogP contribution in [-0.2, 0) is 4.79 Å². The molecular weight excluding hydrogens is 877 g/mol. The summed E-state index contributed by atoms with van der Waals surface area (Å²) < 4.78 is 205. The number of nitrogens with one attached hydrogen (secondary N) is 6. The Morgan fingerprint density at radius 2 is 0.645 bits per heavy atom. The molecule has 4 amide bonds. The average Bonchev–Trinajstić information content (AvgIpc) is 3.20. The lowest BCUT2D eigenvalue weighted by Gasteiger charge is -2.41. The highest BCUT2D eigenvalue weighted by Gasteiger charge is 2.94. The Morgan fingerprint density at radius 3 is 0.968 bits per heavy atom. The smallest absolute Gasteiger partial charge is 0.388 e. The number of carbonyl (C=O) groups is 4. The standard InChI is InChI=1S/C37H27F15N6O4/c1-53-21-6-3-8-23(15-21)55-27(59)18-12-19(28(60)56-24-9-4-7-22(16-24)54-2)14-20(13-18)29(61)57-25-10-5-11-26(17-25)58-30(62)31(38,39)32(40,41)33(42,43)34(44,45)35(46,47)36(48,49)37(50,51)52/h3-17,53-54H,1-2H3,(H,55,59)(H,56,60)(H,57,61)(H,58,62). The topological polar surface area (TPSA) is 140 Å². The first-order valence-electron chi connectivity index (χ1n) is 16.8. The molecule has 4 aromatic rings. The van der Waals surface area contributed by atoms with E-state index in [1.54, 1.807) is 38.4 Å². The van der Waals surface area contributed by atoms with Gasteiger partial charge in [0.2, 0.25) is 0 Å². The molecule has 0 bridgehead atoms. The van der Waals surface area contributed by atoms with E-state index in [1.165, 1.54) is 24.3 Å². The third-order valence-electron chi connectivity index (χ3n) is 8.53. The normalized spacial score (nSPS) is 12.9. The van der Waals surface area contributed by atoms with Crippen molar-refractivity contribution in [1.82, 2.24) is 0 Å². The highest BCUT2D eigenvalue weighted by molar-refractivity contribution is 6.13. The van der Waals surface area contributed by atoms with Crippen molar-refractivity contribution in [2.45, 2.75) is 41.7 Å². The maximum Gasteiger partial charge on any atom is 0.460 e. The van der Waals surface area contributed by atoms with Crippen LogP contribution >= 0.6 is 0 Å². The molecule has 0 atom stereocenters. The Labute approximate surface area is 338 Å². The maximum absolute atomic E-state index is 14.5. The molecule has 0 aromatic heterocycles. The van der Waals surface area contributed by atoms with E-state index >= 15 is 0 Å². The van der Waals surface area contributed by atoms with Crippen molar-refractivity contribution < 1.29 is 85.0 Å². The molecule has 0 aliphatic rings. The molecule has 62 heavy (non-hydrogen) atoms. The van der Waals surface area contributed by atoms with Crippen LogP contribution < -0.4 is 31.9 Å². The van der Waals surface area contributed by atoms with Gasteiger partial charge in [-0.1, -0.05) is 18.2 Å². The van der Waals surface area contributed by atoms with Gasteiger partial charge >= 0.3 is 47.6 Å². The summed E-state index contributed by atoms with van der Waals surface area (Å²) in [6.45, 7) is 0. The van der Waals surface area contributed by atoms with Gasteiger partial charge in [-0.3, -0.25) is 19.2 Å². The number of amides is 4. The minimum absolute atomic E-state index is 0.257. The third kappa shape index (κ3) is 9.00. The number of halogens is 15. The first-order valence-corrected chi connectivity index (χ1v) is 16.8. The van der Waals surface area contributed by atoms with Gasteiger partial charge in [0.25, 0.3) is 17.7 Å². The van der Waals surface area contributed by atoms with Crippen LogP contribution in [0.2, 0.25) is 0 Å². The summed E-state index contributed by atoms with van der Waals surface area (Å²) in [7, 11) is 3.19. The highest BCUT2D eigenvalue weighted by atomic mass is 19.4. The molecule has 0 heterocycles. The van der Waals surface area contributed by atoms with E-state index in [2.05, 4.69) is 26.6 Å². The molecule has 0 saturated heterocycles. The second-order valence-electron chi connectivity index (χ2n) is 12.8. The highest BCUT2D eigenvalue weighted by Crippen LogP contribution is 2.62. The average molecular weight is 905 g/mol. The van der Waals surface area contributed by atoms with Crippen LogP contribution in [-0.4, -0.2) is 79.4 Å². The van der Waals surface area contributed by atoms with Crippen molar-refractivity contribution in [3.8, 4) is 0 Å². The fraction of sp³-hybridized carbons (Fsp3) is 0.243. The van der Waals surface area contributed by atoms with Crippen LogP contribution in [0, 0.1) is 0 Å². The Balaban J connectivity index is 1.63. The van der Waals surface area contributed by atoms with E-state index in [-0.39, 0.29) is 22.5 Å². The van der Waals surface area contributed by atoms with E-state index in [1.807, 2.05) is 0 Å². The summed E-state index contributed by atoms with van der Waals surface area (Å²) in [6.07, 6.45) is -7.79. The molecule has 10 nitrogen and oxygen atoms in total. The lowest BCUT2D eigenvalue weighted by Crippen LogP contribution is -2.73. The molecule has 0 spiro atoms. The van der Waals surface area contributed by atoms with Gasteiger partial charge in [-0.15, -0.1) is 0 Å². The zero-order valence-corrected chi connectivity index (χ0v) is 31.0. The fourth-order valence-corrected chi connectivity index (χ4v) is 5.13. The largest absolute Gasteiger partial charge is 0.460 e. The molecule has 0 aliphatic heterocycles. The van der Waals surface area contributed by atoms with Gasteiger partial charge in [0.05, 0.1) is 0 Å². The van der Waals surface area contributed by atoms with Crippen LogP contribution in [0.15, 0.2) is 91.0 Å². The van der Waals surface area contributed by atoms with Crippen LogP contribution in [0.25, 0.3) is 0 Å². The monoisotopic (exact) mass is 904 g/mol. The summed E-state index contributed by atoms with van der Waals surface area (Å²) in [5.74, 6) is -55.7. The van der Waals surface area contributed by atoms with Crippen molar-refractivity contribution in [3.63, 3.8) is 0 Å². The summed E-state index contributed by atoms with van der Waals surface area (Å²) in [5.41, 5.74) is -1.11. The molecule has 4 rings (SSSR count). The third-order valence-corrected chi connectivity index (χ3v) is 8.53. The molecule has 0 saturated carbocycles. The number of anilines is 6. The van der Waals surface area contributed by atoms with Gasteiger partial charge in [-0.25, -0.2) is 0 Å². The molecule has 0 aliphatic carbocycles. The molecular formula is C37H27F15N6O4. The molecule has 0 radical (unpaired) electrons. The van der Waals surface area contributed by atoms with Crippen LogP contribution in [0.5, 0.6) is 0 Å². The Hall–Kier alpha value is -6.69. The first-order chi connectivity index (χ1) is 28.4. The lowest BCUT2D eigenvalue weighted by atomic mass is 9.91. The van der Waals surface area contributed by atoms with Gasteiger partial charge in [-0.2, -0.15) is 65.9 Å². The maximum atomic E-state index is 14.5. The van der Waals surface area contributed by atoms with E-state index in [4.69, 9.17) is 0 Å². The molecule has 0 unspecified atom stereocenters. The number of rotatable bonds is 15. The van der Waals surface area contributed by atoms with E-state index in [0.29, 0.717) is 23.5 Å². The fourth-order valence-electron chi connectivity index (χ4n) is 5.13. The van der Waals surface area contributed by atoms with Crippen molar-refractivity contribution >= 4 is 57.8 Å². The summed E-state index contributed by atoms with van der Waals surface area (Å²) >= 11 is 0. The van der Waals surface area contributed by atoms with Crippen molar-refractivity contribution in [2.24, 2.45) is 0 Å². The molecule has 334 valence electrons. The van der Waals surface area contributed by atoms with Crippen LogP contribution in [0.3, 0.4) is 0 Å². The molecule has 4 aromatic carbocycles. The number of alkyl halides is 15. The van der Waals surface area contributed by atoms with E-state index < -0.39 is 82.3 Å². The van der Waals surface area contributed by atoms with Crippen molar-refractivity contribution in [3.05, 3.63) is 108 Å². The zero-order valence-electron chi connectivity index (χ0n) is 31.0. The summed E-state index contributed by atoms with van der Waals surface area (Å²) in [6, 6.07) is 18.3. The Morgan fingerprint density at radius 1 is 0.371 bits per heavy atom. The first kappa shape index (κ1) is 48.0. The predicted molar refractivity (Wildman–Crippen MR) is 193 cm³/mol. The van der Waals surface area contributed by atoms with Gasteiger partial charge in [0.15, 0.2) is 0 Å². The Bertz CT molecular complexity index is 2280. The SMILES string of the molecule is CNc1cccc(NC(=O)c2cc(C(=O)Nc3cccc(NC)c3)cc(C(=O)Nc3cccc(NC(=O)C(F)(F)C(F)(F)C(F)(F)C(F)(F)C(F)(F)C(F)(F)C(F)(F)F)c3)c2)c1. The second-order valence-corrected chi connectivity index (χ2v) is 12.8. The van der Waals surface area contributed by atoms with Crippen LogP contribution in [0.4, 0.5) is 100.0 Å². The number of carbonyl (C=O) groups excluding carboxylic acids is 4. The number of hydrogen-bond acceptors (Lipinski definition) is 6. The van der Waals surface area contributed by atoms with Gasteiger partial charge < -0.3 is 31.9 Å². The molecule has 25 heteroatoms. The predicted octanol–water partition coefficient (Wildman–Crippen LogP) is 9.84. The zero-order chi connectivity index (χ0) is 46.9. The van der Waals surface area contributed by atoms with E-state index in [0.717, 1.165) is 35.6 Å².